The number of carbonyl (C=O) groups excluding carboxylic acids is 1. The minimum absolute atomic E-state index is 0.113. The third-order valence-corrected chi connectivity index (χ3v) is 8.66. The maximum Gasteiger partial charge on any atom is 0.460 e. The van der Waals surface area contributed by atoms with Crippen molar-refractivity contribution in [2.45, 2.75) is 60.9 Å². The molecule has 1 unspecified atom stereocenters. The van der Waals surface area contributed by atoms with E-state index in [0.717, 1.165) is 30.0 Å². The van der Waals surface area contributed by atoms with E-state index in [-0.39, 0.29) is 23.1 Å². The van der Waals surface area contributed by atoms with E-state index in [9.17, 15) is 49.4 Å². The van der Waals surface area contributed by atoms with Crippen LogP contribution in [0, 0.1) is 0 Å². The number of fused-ring (bicyclic) bond motifs is 3. The Kier molecular flexibility index (Phi) is 9.61. The molecule has 0 amide bonds. The molecule has 20 heteroatoms. The van der Waals surface area contributed by atoms with Crippen LogP contribution < -0.4 is 4.90 Å². The summed E-state index contributed by atoms with van der Waals surface area (Å²) in [6.45, 7) is -0.236. The van der Waals surface area contributed by atoms with Gasteiger partial charge in [-0.3, -0.25) is 0 Å². The topological polar surface area (TPSA) is 54.7 Å². The van der Waals surface area contributed by atoms with Crippen molar-refractivity contribution in [2.24, 2.45) is 0 Å². The number of benzene rings is 3. The number of carbonyl (C=O) groups is 1. The van der Waals surface area contributed by atoms with Gasteiger partial charge in [0, 0.05) is 18.3 Å². The van der Waals surface area contributed by atoms with Gasteiger partial charge in [0.05, 0.1) is 34.8 Å². The smallest absolute Gasteiger partial charge is 0.460 e. The number of para-hydroxylation sites is 2. The van der Waals surface area contributed by atoms with Gasteiger partial charge in [-0.05, 0) is 24.6 Å². The van der Waals surface area contributed by atoms with Gasteiger partial charge in [-0.15, -0.1) is 0 Å². The van der Waals surface area contributed by atoms with Crippen LogP contribution in [0.25, 0.3) is 5.69 Å². The Morgan fingerprint density at radius 3 is 1.63 bits per heavy atom. The summed E-state index contributed by atoms with van der Waals surface area (Å²) in [5.41, 5.74) is -10.3. The number of esters is 1. The largest absolute Gasteiger partial charge is 0.462 e. The summed E-state index contributed by atoms with van der Waals surface area (Å²) in [6, 6.07) is 18.0. The average molecular weight is 793 g/mol. The van der Waals surface area contributed by atoms with Crippen LogP contribution in [0.3, 0.4) is 0 Å². The summed E-state index contributed by atoms with van der Waals surface area (Å²) in [4.78, 5) is 14.0. The highest BCUT2D eigenvalue weighted by Gasteiger charge is 2.93. The Morgan fingerprint density at radius 1 is 0.648 bits per heavy atom. The number of rotatable bonds is 11. The normalized spacial score (nSPS) is 17.2. The third-order valence-electron chi connectivity index (χ3n) is 8.66. The zero-order valence-corrected chi connectivity index (χ0v) is 26.9. The Hall–Kier alpha value is -4.88. The molecule has 0 saturated carbocycles. The lowest BCUT2D eigenvalue weighted by atomic mass is 9.83. The molecule has 1 atom stereocenters. The molecule has 0 aliphatic carbocycles. The van der Waals surface area contributed by atoms with Gasteiger partial charge in [0.15, 0.2) is 0 Å². The number of hydrogen-bond acceptors (Lipinski definition) is 4. The van der Waals surface area contributed by atoms with Gasteiger partial charge in [-0.2, -0.15) is 65.9 Å². The van der Waals surface area contributed by atoms with Gasteiger partial charge in [0.25, 0.3) is 0 Å². The SMILES string of the molecule is CCOC(=O)c1cn2c(c1C(F)(F)C(F)(F)C(F)(F)C(F)(F)C(F)(F)C(F)(F)C(F)(F)F)C(O)(c1ccccc1)N(Cc1ccccc1)c1ccccc1-2. The number of ether oxygens (including phenoxy) is 1. The van der Waals surface area contributed by atoms with E-state index < -0.39 is 88.9 Å². The molecular formula is C34H23F15N2O3. The summed E-state index contributed by atoms with van der Waals surface area (Å²) >= 11 is 0. The van der Waals surface area contributed by atoms with Gasteiger partial charge in [0.1, 0.15) is 0 Å². The monoisotopic (exact) mass is 792 g/mol. The molecule has 5 rings (SSSR count). The molecule has 4 aromatic rings. The first kappa shape index (κ1) is 40.3. The van der Waals surface area contributed by atoms with E-state index in [1.54, 1.807) is 6.07 Å². The lowest BCUT2D eigenvalue weighted by Gasteiger charge is -2.48. The highest BCUT2D eigenvalue weighted by molar-refractivity contribution is 5.93. The second-order valence-electron chi connectivity index (χ2n) is 11.9. The lowest BCUT2D eigenvalue weighted by Crippen LogP contribution is -2.72. The molecule has 0 saturated heterocycles. The fraction of sp³-hybridized carbons (Fsp3) is 0.324. The summed E-state index contributed by atoms with van der Waals surface area (Å²) in [5.74, 6) is -50.9. The van der Waals surface area contributed by atoms with E-state index in [1.807, 2.05) is 0 Å². The summed E-state index contributed by atoms with van der Waals surface area (Å²) in [7, 11) is 0. The molecular weight excluding hydrogens is 769 g/mol. The molecule has 0 radical (unpaired) electrons. The standard InChI is InChI=1S/C34H23F15N2O3/c1-2-54-26(52)21-18-50-22-15-9-10-16-23(22)51(17-19-11-5-3-6-12-19)27(53,20-13-7-4-8-14-20)25(50)24(21)28(35,36)29(37,38)30(39,40)31(41,42)32(43,44)33(45,46)34(47,48)49/h3-16,18,53H,2,17H2,1H3. The quantitative estimate of drug-likeness (QED) is 0.122. The van der Waals surface area contributed by atoms with Gasteiger partial charge < -0.3 is 19.3 Å². The molecule has 0 fully saturated rings. The zero-order chi connectivity index (χ0) is 40.5. The highest BCUT2D eigenvalue weighted by atomic mass is 19.4. The van der Waals surface area contributed by atoms with Crippen LogP contribution >= 0.6 is 0 Å². The maximum atomic E-state index is 16.6. The van der Waals surface area contributed by atoms with E-state index in [1.165, 1.54) is 60.7 Å². The number of alkyl halides is 15. The minimum Gasteiger partial charge on any atom is -0.462 e. The van der Waals surface area contributed by atoms with Crippen molar-refractivity contribution in [2.75, 3.05) is 11.5 Å². The van der Waals surface area contributed by atoms with Crippen LogP contribution in [-0.4, -0.2) is 58.0 Å². The lowest BCUT2D eigenvalue weighted by molar-refractivity contribution is -0.453. The summed E-state index contributed by atoms with van der Waals surface area (Å²) in [5, 5.41) is 12.7. The number of aliphatic hydroxyl groups is 1. The predicted molar refractivity (Wildman–Crippen MR) is 158 cm³/mol. The van der Waals surface area contributed by atoms with Crippen LogP contribution in [0.4, 0.5) is 71.5 Å². The zero-order valence-electron chi connectivity index (χ0n) is 26.9. The van der Waals surface area contributed by atoms with Gasteiger partial charge in [-0.25, -0.2) is 4.79 Å². The first-order valence-corrected chi connectivity index (χ1v) is 15.2. The van der Waals surface area contributed by atoms with Crippen molar-refractivity contribution in [3.8, 4) is 5.69 Å². The number of anilines is 1. The number of nitrogens with zero attached hydrogens (tertiary/aromatic N) is 2. The summed E-state index contributed by atoms with van der Waals surface area (Å²) < 4.78 is 223. The fourth-order valence-electron chi connectivity index (χ4n) is 5.97. The Bertz CT molecular complexity index is 2020. The molecule has 1 aliphatic heterocycles. The Labute approximate surface area is 294 Å². The number of hydrogen-bond donors (Lipinski definition) is 1. The Balaban J connectivity index is 1.89. The first-order chi connectivity index (χ1) is 24.8. The van der Waals surface area contributed by atoms with Crippen molar-refractivity contribution in [3.05, 3.63) is 119 Å². The van der Waals surface area contributed by atoms with E-state index in [2.05, 4.69) is 4.74 Å². The molecule has 5 nitrogen and oxygen atoms in total. The second kappa shape index (κ2) is 12.9. The van der Waals surface area contributed by atoms with Gasteiger partial charge in [0.2, 0.25) is 5.72 Å². The fourth-order valence-corrected chi connectivity index (χ4v) is 5.97. The van der Waals surface area contributed by atoms with Crippen LogP contribution in [0.15, 0.2) is 91.1 Å². The molecule has 1 aliphatic rings. The molecule has 2 heterocycles. The van der Waals surface area contributed by atoms with Gasteiger partial charge in [-0.1, -0.05) is 72.8 Å². The highest BCUT2D eigenvalue weighted by Crippen LogP contribution is 2.65. The molecule has 292 valence electrons. The molecule has 1 aromatic heterocycles. The predicted octanol–water partition coefficient (Wildman–Crippen LogP) is 9.70. The van der Waals surface area contributed by atoms with Crippen molar-refractivity contribution in [3.63, 3.8) is 0 Å². The van der Waals surface area contributed by atoms with E-state index >= 15 is 26.3 Å². The molecule has 0 bridgehead atoms. The van der Waals surface area contributed by atoms with E-state index in [4.69, 9.17) is 0 Å². The molecule has 1 N–H and O–H groups in total. The minimum atomic E-state index is -8.59. The van der Waals surface area contributed by atoms with E-state index in [0.29, 0.717) is 4.57 Å². The third kappa shape index (κ3) is 5.49. The first-order valence-electron chi connectivity index (χ1n) is 15.2. The molecule has 3 aromatic carbocycles. The Morgan fingerprint density at radius 2 is 1.11 bits per heavy atom. The van der Waals surface area contributed by atoms with Crippen molar-refractivity contribution in [1.82, 2.24) is 4.57 Å². The van der Waals surface area contributed by atoms with Gasteiger partial charge >= 0.3 is 47.7 Å². The second-order valence-corrected chi connectivity index (χ2v) is 11.9. The van der Waals surface area contributed by atoms with Crippen molar-refractivity contribution >= 4 is 11.7 Å². The van der Waals surface area contributed by atoms with Crippen LogP contribution in [0.5, 0.6) is 0 Å². The maximum absolute atomic E-state index is 16.6. The van der Waals surface area contributed by atoms with Crippen molar-refractivity contribution in [1.29, 1.82) is 0 Å². The molecule has 54 heavy (non-hydrogen) atoms. The number of halogens is 15. The number of aromatic nitrogens is 1. The summed E-state index contributed by atoms with van der Waals surface area (Å²) in [6.07, 6.45) is -7.52. The van der Waals surface area contributed by atoms with Crippen molar-refractivity contribution < 1.29 is 80.5 Å². The molecule has 0 spiro atoms. The van der Waals surface area contributed by atoms with Crippen LogP contribution in [0.1, 0.15) is 39.7 Å². The average Bonchev–Trinajstić information content (AvgIpc) is 3.53. The van der Waals surface area contributed by atoms with Crippen LogP contribution in [-0.2, 0) is 22.9 Å². The van der Waals surface area contributed by atoms with Crippen LogP contribution in [0.2, 0.25) is 0 Å².